The minimum Gasteiger partial charge on any atom is -0.460 e. The van der Waals surface area contributed by atoms with E-state index in [-0.39, 0.29) is 23.8 Å². The molecule has 162 valence electrons. The van der Waals surface area contributed by atoms with Crippen LogP contribution in [0.2, 0.25) is 0 Å². The van der Waals surface area contributed by atoms with Crippen molar-refractivity contribution in [1.29, 1.82) is 0 Å². The molecule has 9 heteroatoms. The van der Waals surface area contributed by atoms with Gasteiger partial charge in [0.15, 0.2) is 5.82 Å². The van der Waals surface area contributed by atoms with E-state index in [0.29, 0.717) is 27.8 Å². The van der Waals surface area contributed by atoms with Gasteiger partial charge in [0, 0.05) is 22.4 Å². The number of fused-ring (bicyclic) bond motifs is 1. The van der Waals surface area contributed by atoms with Gasteiger partial charge in [-0.3, -0.25) is 0 Å². The van der Waals surface area contributed by atoms with Gasteiger partial charge >= 0.3 is 0 Å². The minimum atomic E-state index is -0.580. The molecule has 1 aliphatic heterocycles. The molecule has 0 spiro atoms. The van der Waals surface area contributed by atoms with Gasteiger partial charge in [-0.25, -0.2) is 13.5 Å². The molecule has 0 amide bonds. The molecule has 3 aromatic carbocycles. The number of nitrogens with two attached hydrogens (primary N) is 1. The van der Waals surface area contributed by atoms with Crippen molar-refractivity contribution in [2.45, 2.75) is 23.8 Å². The molecule has 0 saturated carbocycles. The standard InChI is InChI=1S/C23H18F2N4O2S/c24-17-10-15-12-30-22(14-6-2-1-3-7-14)31-20(15)16(11-17)13-32-23-28-27-21(29(23)26)18-8-4-5-9-19(18)25/h1-11,22H,12-13,26H2. The highest BCUT2D eigenvalue weighted by Crippen LogP contribution is 2.39. The first-order valence-corrected chi connectivity index (χ1v) is 10.8. The van der Waals surface area contributed by atoms with Crippen molar-refractivity contribution in [3.63, 3.8) is 0 Å². The molecule has 6 nitrogen and oxygen atoms in total. The molecule has 0 radical (unpaired) electrons. The number of rotatable bonds is 5. The zero-order valence-corrected chi connectivity index (χ0v) is 17.6. The fourth-order valence-corrected chi connectivity index (χ4v) is 4.33. The van der Waals surface area contributed by atoms with Gasteiger partial charge in [-0.05, 0) is 24.3 Å². The highest BCUT2D eigenvalue weighted by molar-refractivity contribution is 7.98. The molecule has 0 aliphatic carbocycles. The molecule has 4 aromatic rings. The molecule has 0 fully saturated rings. The number of halogens is 2. The summed E-state index contributed by atoms with van der Waals surface area (Å²) in [6.07, 6.45) is -0.580. The lowest BCUT2D eigenvalue weighted by molar-refractivity contribution is -0.112. The molecular formula is C23H18F2N4O2S. The fourth-order valence-electron chi connectivity index (χ4n) is 3.50. The third-order valence-corrected chi connectivity index (χ3v) is 6.02. The van der Waals surface area contributed by atoms with E-state index < -0.39 is 12.1 Å². The Balaban J connectivity index is 1.39. The Hall–Kier alpha value is -3.43. The van der Waals surface area contributed by atoms with Crippen molar-refractivity contribution in [2.24, 2.45) is 0 Å². The summed E-state index contributed by atoms with van der Waals surface area (Å²) < 4.78 is 41.4. The predicted octanol–water partition coefficient (Wildman–Crippen LogP) is 4.84. The monoisotopic (exact) mass is 452 g/mol. The van der Waals surface area contributed by atoms with E-state index in [4.69, 9.17) is 15.3 Å². The number of nitrogen functional groups attached to an aromatic ring is 1. The third-order valence-electron chi connectivity index (χ3n) is 5.03. The van der Waals surface area contributed by atoms with Gasteiger partial charge in [-0.1, -0.05) is 54.2 Å². The lowest BCUT2D eigenvalue weighted by Gasteiger charge is -2.28. The van der Waals surface area contributed by atoms with E-state index in [9.17, 15) is 8.78 Å². The second-order valence-electron chi connectivity index (χ2n) is 7.17. The zero-order chi connectivity index (χ0) is 22.1. The maximum Gasteiger partial charge on any atom is 0.227 e. The van der Waals surface area contributed by atoms with Gasteiger partial charge in [0.2, 0.25) is 11.4 Å². The number of thioether (sulfide) groups is 1. The smallest absolute Gasteiger partial charge is 0.227 e. The molecular weight excluding hydrogens is 434 g/mol. The van der Waals surface area contributed by atoms with Crippen LogP contribution in [0.1, 0.15) is 23.0 Å². The van der Waals surface area contributed by atoms with Crippen LogP contribution in [0.4, 0.5) is 8.78 Å². The lowest BCUT2D eigenvalue weighted by Crippen LogP contribution is -2.19. The Kier molecular flexibility index (Phi) is 5.50. The minimum absolute atomic E-state index is 0.209. The normalized spacial score (nSPS) is 15.2. The van der Waals surface area contributed by atoms with Crippen molar-refractivity contribution in [3.05, 3.63) is 95.1 Å². The number of hydrogen-bond acceptors (Lipinski definition) is 6. The van der Waals surface area contributed by atoms with E-state index in [2.05, 4.69) is 10.2 Å². The molecule has 0 saturated heterocycles. The summed E-state index contributed by atoms with van der Waals surface area (Å²) in [5.74, 6) is 6.40. The van der Waals surface area contributed by atoms with Crippen molar-refractivity contribution in [2.75, 3.05) is 5.84 Å². The van der Waals surface area contributed by atoms with Gasteiger partial charge < -0.3 is 15.3 Å². The van der Waals surface area contributed by atoms with Crippen LogP contribution in [-0.4, -0.2) is 14.9 Å². The molecule has 1 aliphatic rings. The number of aromatic nitrogens is 3. The average Bonchev–Trinajstić information content (AvgIpc) is 3.18. The summed E-state index contributed by atoms with van der Waals surface area (Å²) >= 11 is 1.25. The number of hydrogen-bond donors (Lipinski definition) is 1. The Morgan fingerprint density at radius 1 is 1.03 bits per heavy atom. The molecule has 1 aromatic heterocycles. The Morgan fingerprint density at radius 3 is 2.62 bits per heavy atom. The topological polar surface area (TPSA) is 75.2 Å². The van der Waals surface area contributed by atoms with Crippen molar-refractivity contribution >= 4 is 11.8 Å². The number of ether oxygens (including phenoxy) is 2. The SMILES string of the molecule is Nn1c(SCc2cc(F)cc3c2OC(c2ccccc2)OC3)nnc1-c1ccccc1F. The lowest BCUT2D eigenvalue weighted by atomic mass is 10.1. The van der Waals surface area contributed by atoms with Crippen molar-refractivity contribution in [1.82, 2.24) is 14.9 Å². The van der Waals surface area contributed by atoms with Crippen LogP contribution in [0, 0.1) is 11.6 Å². The fraction of sp³-hybridized carbons (Fsp3) is 0.130. The van der Waals surface area contributed by atoms with Gasteiger partial charge in [0.25, 0.3) is 0 Å². The van der Waals surface area contributed by atoms with Gasteiger partial charge in [0.1, 0.15) is 17.4 Å². The third kappa shape index (κ3) is 3.92. The first-order chi connectivity index (χ1) is 15.6. The molecule has 2 N–H and O–H groups in total. The Labute approximate surface area is 187 Å². The van der Waals surface area contributed by atoms with Crippen LogP contribution in [0.3, 0.4) is 0 Å². The quantitative estimate of drug-likeness (QED) is 0.345. The maximum atomic E-state index is 14.2. The van der Waals surface area contributed by atoms with E-state index in [1.807, 2.05) is 30.3 Å². The maximum absolute atomic E-state index is 14.2. The van der Waals surface area contributed by atoms with E-state index in [1.165, 1.54) is 34.6 Å². The summed E-state index contributed by atoms with van der Waals surface area (Å²) in [6.45, 7) is 0.231. The average molecular weight is 452 g/mol. The Morgan fingerprint density at radius 2 is 1.81 bits per heavy atom. The highest BCUT2D eigenvalue weighted by atomic mass is 32.2. The largest absolute Gasteiger partial charge is 0.460 e. The van der Waals surface area contributed by atoms with Crippen LogP contribution in [0.5, 0.6) is 5.75 Å². The van der Waals surface area contributed by atoms with E-state index in [0.717, 1.165) is 5.56 Å². The van der Waals surface area contributed by atoms with Crippen LogP contribution < -0.4 is 10.6 Å². The first-order valence-electron chi connectivity index (χ1n) is 9.83. The summed E-state index contributed by atoms with van der Waals surface area (Å²) in [5, 5.41) is 8.46. The summed E-state index contributed by atoms with van der Waals surface area (Å²) in [5.41, 5.74) is 2.40. The summed E-state index contributed by atoms with van der Waals surface area (Å²) in [7, 11) is 0. The number of nitrogens with zero attached hydrogens (tertiary/aromatic N) is 3. The van der Waals surface area contributed by atoms with Gasteiger partial charge in [-0.2, -0.15) is 0 Å². The molecule has 5 rings (SSSR count). The van der Waals surface area contributed by atoms with E-state index >= 15 is 0 Å². The van der Waals surface area contributed by atoms with Crippen LogP contribution in [0.25, 0.3) is 11.4 Å². The summed E-state index contributed by atoms with van der Waals surface area (Å²) in [6, 6.07) is 18.6. The zero-order valence-electron chi connectivity index (χ0n) is 16.7. The second-order valence-corrected chi connectivity index (χ2v) is 8.11. The van der Waals surface area contributed by atoms with Crippen molar-refractivity contribution < 1.29 is 18.3 Å². The molecule has 32 heavy (non-hydrogen) atoms. The van der Waals surface area contributed by atoms with Gasteiger partial charge in [0.05, 0.1) is 12.2 Å². The van der Waals surface area contributed by atoms with Crippen LogP contribution >= 0.6 is 11.8 Å². The Bertz CT molecular complexity index is 1270. The van der Waals surface area contributed by atoms with Crippen molar-refractivity contribution in [3.8, 4) is 17.1 Å². The molecule has 0 bridgehead atoms. The second kappa shape index (κ2) is 8.60. The van der Waals surface area contributed by atoms with Gasteiger partial charge in [-0.15, -0.1) is 10.2 Å². The highest BCUT2D eigenvalue weighted by Gasteiger charge is 2.25. The molecule has 2 heterocycles. The van der Waals surface area contributed by atoms with E-state index in [1.54, 1.807) is 18.2 Å². The van der Waals surface area contributed by atoms with Crippen LogP contribution in [0.15, 0.2) is 71.9 Å². The first kappa shape index (κ1) is 20.5. The summed E-state index contributed by atoms with van der Waals surface area (Å²) in [4.78, 5) is 0. The molecule has 1 unspecified atom stereocenters. The predicted molar refractivity (Wildman–Crippen MR) is 116 cm³/mol. The number of benzene rings is 3. The molecule has 1 atom stereocenters. The van der Waals surface area contributed by atoms with Crippen LogP contribution in [-0.2, 0) is 17.1 Å².